The molecule has 0 spiro atoms. The molecule has 1 aromatic heterocycles. The standard InChI is InChI=1S/C23H21N3O2/c27-22-5-1-2-15-26(22)20-9-6-17(7-10-20)4-3-13-25-23(28)19-8-11-21-18(16-19)12-14-24-21/h6-12,14,16,24H,1-2,5,13,15H2,(H,25,28). The highest BCUT2D eigenvalue weighted by atomic mass is 16.2. The molecule has 3 aromatic rings. The number of rotatable bonds is 3. The van der Waals surface area contributed by atoms with Crippen molar-refractivity contribution in [3.8, 4) is 11.8 Å². The summed E-state index contributed by atoms with van der Waals surface area (Å²) in [7, 11) is 0. The molecule has 2 aromatic carbocycles. The molecular formula is C23H21N3O2. The van der Waals surface area contributed by atoms with E-state index in [2.05, 4.69) is 22.1 Å². The zero-order chi connectivity index (χ0) is 19.3. The van der Waals surface area contributed by atoms with E-state index in [1.807, 2.05) is 53.6 Å². The van der Waals surface area contributed by atoms with E-state index in [1.54, 1.807) is 6.07 Å². The molecule has 0 unspecified atom stereocenters. The Morgan fingerprint density at radius 3 is 2.79 bits per heavy atom. The number of anilines is 1. The quantitative estimate of drug-likeness (QED) is 0.693. The fourth-order valence-electron chi connectivity index (χ4n) is 3.37. The molecule has 5 heteroatoms. The fourth-order valence-corrected chi connectivity index (χ4v) is 3.37. The van der Waals surface area contributed by atoms with E-state index in [0.29, 0.717) is 12.0 Å². The van der Waals surface area contributed by atoms with Crippen LogP contribution in [-0.2, 0) is 4.79 Å². The molecule has 0 atom stereocenters. The first-order valence-corrected chi connectivity index (χ1v) is 9.45. The highest BCUT2D eigenvalue weighted by Gasteiger charge is 2.19. The molecule has 140 valence electrons. The second kappa shape index (κ2) is 8.01. The normalized spacial score (nSPS) is 13.9. The van der Waals surface area contributed by atoms with Gasteiger partial charge in [-0.1, -0.05) is 11.8 Å². The zero-order valence-corrected chi connectivity index (χ0v) is 15.5. The zero-order valence-electron chi connectivity index (χ0n) is 15.5. The Hall–Kier alpha value is -3.52. The van der Waals surface area contributed by atoms with Crippen LogP contribution in [0.2, 0.25) is 0 Å². The summed E-state index contributed by atoms with van der Waals surface area (Å²) in [5.41, 5.74) is 3.40. The van der Waals surface area contributed by atoms with E-state index >= 15 is 0 Å². The number of H-pyrrole nitrogens is 1. The molecule has 4 rings (SSSR count). The molecule has 1 aliphatic rings. The molecule has 1 aliphatic heterocycles. The molecule has 0 aliphatic carbocycles. The van der Waals surface area contributed by atoms with Crippen molar-refractivity contribution >= 4 is 28.4 Å². The highest BCUT2D eigenvalue weighted by Crippen LogP contribution is 2.21. The first-order valence-electron chi connectivity index (χ1n) is 9.45. The topological polar surface area (TPSA) is 65.2 Å². The third-order valence-corrected chi connectivity index (χ3v) is 4.89. The molecule has 0 radical (unpaired) electrons. The van der Waals surface area contributed by atoms with Gasteiger partial charge >= 0.3 is 0 Å². The summed E-state index contributed by atoms with van der Waals surface area (Å²) in [6, 6.07) is 15.2. The number of carbonyl (C=O) groups excluding carboxylic acids is 2. The monoisotopic (exact) mass is 371 g/mol. The van der Waals surface area contributed by atoms with E-state index < -0.39 is 0 Å². The second-order valence-corrected chi connectivity index (χ2v) is 6.81. The number of carbonyl (C=O) groups is 2. The van der Waals surface area contributed by atoms with Crippen LogP contribution in [0.3, 0.4) is 0 Å². The van der Waals surface area contributed by atoms with Gasteiger partial charge in [0, 0.05) is 46.9 Å². The van der Waals surface area contributed by atoms with E-state index in [0.717, 1.165) is 41.5 Å². The lowest BCUT2D eigenvalue weighted by Crippen LogP contribution is -2.35. The average Bonchev–Trinajstić information content (AvgIpc) is 3.20. The van der Waals surface area contributed by atoms with Crippen LogP contribution in [0.1, 0.15) is 35.2 Å². The smallest absolute Gasteiger partial charge is 0.252 e. The molecule has 1 saturated heterocycles. The Morgan fingerprint density at radius 1 is 1.11 bits per heavy atom. The maximum atomic E-state index is 12.2. The molecule has 2 amide bonds. The van der Waals surface area contributed by atoms with Crippen LogP contribution >= 0.6 is 0 Å². The van der Waals surface area contributed by atoms with Gasteiger partial charge in [-0.15, -0.1) is 0 Å². The third-order valence-electron chi connectivity index (χ3n) is 4.89. The van der Waals surface area contributed by atoms with Crippen molar-refractivity contribution in [1.29, 1.82) is 0 Å². The maximum absolute atomic E-state index is 12.2. The number of aromatic amines is 1. The van der Waals surface area contributed by atoms with Gasteiger partial charge in [0.15, 0.2) is 0 Å². The van der Waals surface area contributed by atoms with Gasteiger partial charge < -0.3 is 15.2 Å². The molecule has 2 N–H and O–H groups in total. The lowest BCUT2D eigenvalue weighted by atomic mass is 10.1. The Labute approximate surface area is 163 Å². The first-order chi connectivity index (χ1) is 13.7. The first kappa shape index (κ1) is 17.9. The number of hydrogen-bond donors (Lipinski definition) is 2. The van der Waals surface area contributed by atoms with Gasteiger partial charge in [-0.2, -0.15) is 0 Å². The van der Waals surface area contributed by atoms with Crippen molar-refractivity contribution in [2.75, 3.05) is 18.0 Å². The molecule has 28 heavy (non-hydrogen) atoms. The van der Waals surface area contributed by atoms with Gasteiger partial charge in [-0.25, -0.2) is 0 Å². The highest BCUT2D eigenvalue weighted by molar-refractivity contribution is 5.98. The lowest BCUT2D eigenvalue weighted by Gasteiger charge is -2.26. The van der Waals surface area contributed by atoms with Crippen molar-refractivity contribution in [3.05, 3.63) is 65.9 Å². The van der Waals surface area contributed by atoms with E-state index in [9.17, 15) is 9.59 Å². The van der Waals surface area contributed by atoms with Crippen molar-refractivity contribution in [2.24, 2.45) is 0 Å². The van der Waals surface area contributed by atoms with Crippen molar-refractivity contribution in [2.45, 2.75) is 19.3 Å². The van der Waals surface area contributed by atoms with Gasteiger partial charge in [0.05, 0.1) is 6.54 Å². The Bertz CT molecular complexity index is 1070. The van der Waals surface area contributed by atoms with Crippen LogP contribution in [-0.4, -0.2) is 29.9 Å². The van der Waals surface area contributed by atoms with Crippen LogP contribution in [0.25, 0.3) is 10.9 Å². The Morgan fingerprint density at radius 2 is 1.96 bits per heavy atom. The summed E-state index contributed by atoms with van der Waals surface area (Å²) in [5, 5.41) is 3.82. The average molecular weight is 371 g/mol. The number of fused-ring (bicyclic) bond motifs is 1. The lowest BCUT2D eigenvalue weighted by molar-refractivity contribution is -0.119. The number of amides is 2. The van der Waals surface area contributed by atoms with Gasteiger partial charge in [0.25, 0.3) is 5.91 Å². The largest absolute Gasteiger partial charge is 0.361 e. The van der Waals surface area contributed by atoms with Crippen LogP contribution in [0.5, 0.6) is 0 Å². The summed E-state index contributed by atoms with van der Waals surface area (Å²) in [5.74, 6) is 6.06. The summed E-state index contributed by atoms with van der Waals surface area (Å²) < 4.78 is 0. The van der Waals surface area contributed by atoms with Gasteiger partial charge in [-0.05, 0) is 61.4 Å². The Kier molecular flexibility index (Phi) is 5.11. The third kappa shape index (κ3) is 3.91. The molecule has 0 bridgehead atoms. The summed E-state index contributed by atoms with van der Waals surface area (Å²) in [4.78, 5) is 29.2. The van der Waals surface area contributed by atoms with Crippen LogP contribution in [0.15, 0.2) is 54.7 Å². The van der Waals surface area contributed by atoms with Gasteiger partial charge in [0.2, 0.25) is 5.91 Å². The number of piperidine rings is 1. The van der Waals surface area contributed by atoms with Crippen molar-refractivity contribution in [3.63, 3.8) is 0 Å². The van der Waals surface area contributed by atoms with Crippen LogP contribution < -0.4 is 10.2 Å². The summed E-state index contributed by atoms with van der Waals surface area (Å²) in [6.45, 7) is 1.06. The van der Waals surface area contributed by atoms with E-state index in [1.165, 1.54) is 0 Å². The number of nitrogens with one attached hydrogen (secondary N) is 2. The van der Waals surface area contributed by atoms with Crippen LogP contribution in [0.4, 0.5) is 5.69 Å². The maximum Gasteiger partial charge on any atom is 0.252 e. The minimum atomic E-state index is -0.142. The molecule has 2 heterocycles. The number of hydrogen-bond acceptors (Lipinski definition) is 2. The van der Waals surface area contributed by atoms with E-state index in [4.69, 9.17) is 0 Å². The summed E-state index contributed by atoms with van der Waals surface area (Å²) >= 11 is 0. The number of aromatic nitrogens is 1. The predicted octanol–water partition coefficient (Wildman–Crippen LogP) is 3.47. The molecule has 5 nitrogen and oxygen atoms in total. The molecule has 0 saturated carbocycles. The fraction of sp³-hybridized carbons (Fsp3) is 0.217. The van der Waals surface area contributed by atoms with Crippen molar-refractivity contribution < 1.29 is 9.59 Å². The van der Waals surface area contributed by atoms with Crippen LogP contribution in [0, 0.1) is 11.8 Å². The second-order valence-electron chi connectivity index (χ2n) is 6.81. The summed E-state index contributed by atoms with van der Waals surface area (Å²) in [6.07, 6.45) is 4.50. The SMILES string of the molecule is O=C(NCC#Cc1ccc(N2CCCCC2=O)cc1)c1ccc2[nH]ccc2c1. The number of benzene rings is 2. The predicted molar refractivity (Wildman–Crippen MR) is 110 cm³/mol. The minimum absolute atomic E-state index is 0.142. The molecular weight excluding hydrogens is 350 g/mol. The van der Waals surface area contributed by atoms with Gasteiger partial charge in [-0.3, -0.25) is 9.59 Å². The Balaban J connectivity index is 1.34. The van der Waals surface area contributed by atoms with Crippen molar-refractivity contribution in [1.82, 2.24) is 10.3 Å². The number of nitrogens with zero attached hydrogens (tertiary/aromatic N) is 1. The van der Waals surface area contributed by atoms with Gasteiger partial charge in [0.1, 0.15) is 0 Å². The van der Waals surface area contributed by atoms with E-state index in [-0.39, 0.29) is 18.4 Å². The minimum Gasteiger partial charge on any atom is -0.361 e. The molecule has 1 fully saturated rings.